The molecule has 1 aliphatic rings. The van der Waals surface area contributed by atoms with Gasteiger partial charge in [-0.25, -0.2) is 13.8 Å². The fourth-order valence-corrected chi connectivity index (χ4v) is 3.74. The van der Waals surface area contributed by atoms with Crippen LogP contribution in [-0.4, -0.2) is 40.4 Å². The van der Waals surface area contributed by atoms with E-state index in [0.717, 1.165) is 12.1 Å². The predicted molar refractivity (Wildman–Crippen MR) is 103 cm³/mol. The Bertz CT molecular complexity index is 991. The molecule has 1 atom stereocenters. The van der Waals surface area contributed by atoms with E-state index in [-0.39, 0.29) is 23.9 Å². The average Bonchev–Trinajstić information content (AvgIpc) is 2.66. The molecule has 1 aliphatic heterocycles. The number of ether oxygens (including phenoxy) is 1. The number of fused-ring (bicyclic) bond motifs is 1. The standard InChI is InChI=1S/C20H18ClF2N3O2/c21-13-9-14(22)19(15(23)10-13)26-8-2-5-20(27,11-26)12-28-17-4-1-3-16-18(17)25-7-6-24-16/h1,3-4,6-7,9-10,27H,2,5,8,11-12H2. The zero-order valence-electron chi connectivity index (χ0n) is 14.9. The molecule has 0 spiro atoms. The van der Waals surface area contributed by atoms with E-state index in [9.17, 15) is 13.9 Å². The van der Waals surface area contributed by atoms with Crippen LogP contribution in [0.15, 0.2) is 42.7 Å². The highest BCUT2D eigenvalue weighted by atomic mass is 35.5. The molecule has 1 aromatic heterocycles. The molecule has 1 saturated heterocycles. The highest BCUT2D eigenvalue weighted by Crippen LogP contribution is 2.32. The van der Waals surface area contributed by atoms with Gasteiger partial charge in [-0.2, -0.15) is 0 Å². The number of aromatic nitrogens is 2. The molecule has 3 aromatic rings. The Kier molecular flexibility index (Phi) is 5.03. The van der Waals surface area contributed by atoms with Crippen LogP contribution in [-0.2, 0) is 0 Å². The maximum Gasteiger partial charge on any atom is 0.151 e. The van der Waals surface area contributed by atoms with Crippen LogP contribution in [0.3, 0.4) is 0 Å². The van der Waals surface area contributed by atoms with E-state index in [1.165, 1.54) is 4.90 Å². The predicted octanol–water partition coefficient (Wildman–Crippen LogP) is 3.97. The summed E-state index contributed by atoms with van der Waals surface area (Å²) in [4.78, 5) is 9.99. The lowest BCUT2D eigenvalue weighted by molar-refractivity contribution is -0.0153. The smallest absolute Gasteiger partial charge is 0.151 e. The molecule has 8 heteroatoms. The molecule has 0 saturated carbocycles. The van der Waals surface area contributed by atoms with Crippen molar-refractivity contribution in [1.82, 2.24) is 9.97 Å². The van der Waals surface area contributed by atoms with Crippen LogP contribution in [0.25, 0.3) is 11.0 Å². The van der Waals surface area contributed by atoms with Crippen LogP contribution in [0, 0.1) is 11.6 Å². The van der Waals surface area contributed by atoms with Gasteiger partial charge in [-0.05, 0) is 37.1 Å². The van der Waals surface area contributed by atoms with Crippen molar-refractivity contribution >= 4 is 28.3 Å². The summed E-state index contributed by atoms with van der Waals surface area (Å²) in [5.41, 5.74) is -0.168. The van der Waals surface area contributed by atoms with Crippen LogP contribution >= 0.6 is 11.6 Å². The maximum atomic E-state index is 14.3. The molecule has 28 heavy (non-hydrogen) atoms. The van der Waals surface area contributed by atoms with E-state index in [0.29, 0.717) is 36.2 Å². The van der Waals surface area contributed by atoms with Crippen molar-refractivity contribution in [1.29, 1.82) is 0 Å². The first-order valence-corrected chi connectivity index (χ1v) is 9.27. The third-order valence-electron chi connectivity index (χ3n) is 4.81. The van der Waals surface area contributed by atoms with E-state index < -0.39 is 17.2 Å². The van der Waals surface area contributed by atoms with Crippen molar-refractivity contribution in [2.24, 2.45) is 0 Å². The molecule has 2 aromatic carbocycles. The Morgan fingerprint density at radius 3 is 2.71 bits per heavy atom. The third-order valence-corrected chi connectivity index (χ3v) is 5.03. The summed E-state index contributed by atoms with van der Waals surface area (Å²) in [5.74, 6) is -1.00. The number of benzene rings is 2. The van der Waals surface area contributed by atoms with Gasteiger partial charge in [-0.3, -0.25) is 4.98 Å². The SMILES string of the molecule is OC1(COc2cccc3nccnc23)CCCN(c2c(F)cc(Cl)cc2F)C1. The van der Waals surface area contributed by atoms with Crippen LogP contribution in [0.2, 0.25) is 5.02 Å². The van der Waals surface area contributed by atoms with Crippen molar-refractivity contribution in [3.63, 3.8) is 0 Å². The summed E-state index contributed by atoms with van der Waals surface area (Å²) in [6, 6.07) is 7.50. The highest BCUT2D eigenvalue weighted by molar-refractivity contribution is 6.30. The number of hydrogen-bond acceptors (Lipinski definition) is 5. The van der Waals surface area contributed by atoms with Crippen LogP contribution in [0.5, 0.6) is 5.75 Å². The fourth-order valence-electron chi connectivity index (χ4n) is 3.55. The fraction of sp³-hybridized carbons (Fsp3) is 0.300. The molecule has 1 unspecified atom stereocenters. The minimum absolute atomic E-state index is 0.00794. The Balaban J connectivity index is 1.53. The van der Waals surface area contributed by atoms with Crippen molar-refractivity contribution < 1.29 is 18.6 Å². The lowest BCUT2D eigenvalue weighted by Crippen LogP contribution is -2.52. The molecule has 0 radical (unpaired) electrons. The minimum atomic E-state index is -1.26. The minimum Gasteiger partial charge on any atom is -0.488 e. The van der Waals surface area contributed by atoms with Crippen LogP contribution < -0.4 is 9.64 Å². The number of para-hydroxylation sites is 1. The first kappa shape index (κ1) is 18.8. The lowest BCUT2D eigenvalue weighted by Gasteiger charge is -2.40. The van der Waals surface area contributed by atoms with Gasteiger partial charge in [0.15, 0.2) is 11.6 Å². The molecule has 4 rings (SSSR count). The molecule has 0 aliphatic carbocycles. The number of halogens is 3. The van der Waals surface area contributed by atoms with Gasteiger partial charge in [-0.1, -0.05) is 17.7 Å². The zero-order chi connectivity index (χ0) is 19.7. The molecular formula is C20H18ClF2N3O2. The van der Waals surface area contributed by atoms with Crippen LogP contribution in [0.4, 0.5) is 14.5 Å². The third kappa shape index (κ3) is 3.72. The summed E-state index contributed by atoms with van der Waals surface area (Å²) < 4.78 is 34.4. The summed E-state index contributed by atoms with van der Waals surface area (Å²) in [7, 11) is 0. The second-order valence-corrected chi connectivity index (χ2v) is 7.37. The first-order chi connectivity index (χ1) is 13.5. The van der Waals surface area contributed by atoms with Gasteiger partial charge in [0, 0.05) is 24.0 Å². The first-order valence-electron chi connectivity index (χ1n) is 8.90. The molecule has 5 nitrogen and oxygen atoms in total. The largest absolute Gasteiger partial charge is 0.488 e. The van der Waals surface area contributed by atoms with Crippen molar-refractivity contribution in [3.05, 3.63) is 59.4 Å². The van der Waals surface area contributed by atoms with Gasteiger partial charge in [0.05, 0.1) is 12.1 Å². The molecule has 2 heterocycles. The lowest BCUT2D eigenvalue weighted by atomic mass is 9.93. The normalized spacial score (nSPS) is 19.8. The molecule has 0 amide bonds. The quantitative estimate of drug-likeness (QED) is 0.711. The number of rotatable bonds is 4. The van der Waals surface area contributed by atoms with E-state index in [1.54, 1.807) is 24.5 Å². The number of piperidine rings is 1. The topological polar surface area (TPSA) is 58.5 Å². The van der Waals surface area contributed by atoms with Gasteiger partial charge in [0.1, 0.15) is 29.2 Å². The molecule has 0 bridgehead atoms. The molecular weight excluding hydrogens is 388 g/mol. The molecule has 1 fully saturated rings. The number of aliphatic hydroxyl groups is 1. The van der Waals surface area contributed by atoms with Gasteiger partial charge in [0.2, 0.25) is 0 Å². The average molecular weight is 406 g/mol. The summed E-state index contributed by atoms with van der Waals surface area (Å²) in [5, 5.41) is 11.0. The van der Waals surface area contributed by atoms with E-state index in [4.69, 9.17) is 16.3 Å². The molecule has 146 valence electrons. The summed E-state index contributed by atoms with van der Waals surface area (Å²) in [6.45, 7) is 0.437. The number of β-amino-alcohol motifs (C(OH)–C–C–N with tert-alkyl or cyclic N) is 1. The van der Waals surface area contributed by atoms with E-state index in [1.807, 2.05) is 6.07 Å². The van der Waals surface area contributed by atoms with Gasteiger partial charge < -0.3 is 14.7 Å². The second kappa shape index (κ2) is 7.48. The number of anilines is 1. The summed E-state index contributed by atoms with van der Waals surface area (Å²) in [6.07, 6.45) is 4.18. The Hall–Kier alpha value is -2.51. The second-order valence-electron chi connectivity index (χ2n) is 6.94. The summed E-state index contributed by atoms with van der Waals surface area (Å²) >= 11 is 5.70. The number of nitrogens with zero attached hydrogens (tertiary/aromatic N) is 3. The van der Waals surface area contributed by atoms with Gasteiger partial charge in [0.25, 0.3) is 0 Å². The van der Waals surface area contributed by atoms with E-state index >= 15 is 0 Å². The van der Waals surface area contributed by atoms with E-state index in [2.05, 4.69) is 9.97 Å². The highest BCUT2D eigenvalue weighted by Gasteiger charge is 2.36. The van der Waals surface area contributed by atoms with Gasteiger partial charge in [-0.15, -0.1) is 0 Å². The van der Waals surface area contributed by atoms with Gasteiger partial charge >= 0.3 is 0 Å². The monoisotopic (exact) mass is 405 g/mol. The van der Waals surface area contributed by atoms with Crippen molar-refractivity contribution in [3.8, 4) is 5.75 Å². The van der Waals surface area contributed by atoms with Crippen molar-refractivity contribution in [2.45, 2.75) is 18.4 Å². The number of hydrogen-bond donors (Lipinski definition) is 1. The maximum absolute atomic E-state index is 14.3. The molecule has 1 N–H and O–H groups in total. The van der Waals surface area contributed by atoms with Crippen molar-refractivity contribution in [2.75, 3.05) is 24.6 Å². The Morgan fingerprint density at radius 2 is 1.93 bits per heavy atom. The Labute approximate surface area is 165 Å². The van der Waals surface area contributed by atoms with Crippen LogP contribution in [0.1, 0.15) is 12.8 Å². The zero-order valence-corrected chi connectivity index (χ0v) is 15.7. The Morgan fingerprint density at radius 1 is 1.18 bits per heavy atom.